The van der Waals surface area contributed by atoms with Crippen molar-refractivity contribution in [3.05, 3.63) is 25.3 Å². The van der Waals surface area contributed by atoms with Gasteiger partial charge in [0.15, 0.2) is 6.29 Å². The van der Waals surface area contributed by atoms with Gasteiger partial charge in [0.2, 0.25) is 0 Å². The zero-order valence-corrected chi connectivity index (χ0v) is 22.4. The van der Waals surface area contributed by atoms with Crippen molar-refractivity contribution in [3.8, 4) is 0 Å². The summed E-state index contributed by atoms with van der Waals surface area (Å²) in [7, 11) is -0.975. The van der Waals surface area contributed by atoms with E-state index in [2.05, 4.69) is 25.8 Å². The number of aliphatic hydroxyl groups is 1. The Labute approximate surface area is 212 Å². The number of hydrogen-bond donors (Lipinski definition) is 2. The van der Waals surface area contributed by atoms with Crippen LogP contribution in [0.2, 0.25) is 1.41 Å². The van der Waals surface area contributed by atoms with Crippen LogP contribution in [0.1, 0.15) is 51.9 Å². The quantitative estimate of drug-likeness (QED) is 0.123. The Morgan fingerprint density at radius 3 is 2.37 bits per heavy atom. The van der Waals surface area contributed by atoms with Gasteiger partial charge >= 0.3 is 7.82 Å². The SMILES string of the molecule is [3H]N[C@H]1C(O)O[C@H](COC)C(OP(=O)(OCC=C)OCC=C)[C@@H]1OCC[C@@H](CCCCCCC)OC. The zero-order valence-electron chi connectivity index (χ0n) is 22.5. The van der Waals surface area contributed by atoms with Gasteiger partial charge in [0.1, 0.15) is 19.7 Å². The Morgan fingerprint density at radius 1 is 1.11 bits per heavy atom. The van der Waals surface area contributed by atoms with Gasteiger partial charge in [-0.2, -0.15) is 0 Å². The number of phosphoric ester groups is 1. The molecule has 10 nitrogen and oxygen atoms in total. The lowest BCUT2D eigenvalue weighted by molar-refractivity contribution is -0.256. The molecule has 2 unspecified atom stereocenters. The first-order valence-electron chi connectivity index (χ1n) is 12.8. The minimum atomic E-state index is -4.11. The molecular weight excluding hydrogens is 477 g/mol. The zero-order chi connectivity index (χ0) is 26.8. The molecule has 0 aliphatic carbocycles. The normalized spacial score (nSPS) is 26.3. The fourth-order valence-electron chi connectivity index (χ4n) is 3.77. The summed E-state index contributed by atoms with van der Waals surface area (Å²) in [4.78, 5) is 0. The fraction of sp³-hybridized carbons (Fsp3) is 0.833. The Hall–Kier alpha value is -0.650. The maximum atomic E-state index is 13.3. The van der Waals surface area contributed by atoms with E-state index >= 15 is 0 Å². The van der Waals surface area contributed by atoms with Crippen molar-refractivity contribution < 1.29 is 43.6 Å². The number of methoxy groups -OCH3 is 2. The van der Waals surface area contributed by atoms with Gasteiger partial charge in [-0.05, 0) is 12.8 Å². The lowest BCUT2D eigenvalue weighted by atomic mass is 9.97. The molecule has 1 aliphatic heterocycles. The summed E-state index contributed by atoms with van der Waals surface area (Å²) in [6.07, 6.45) is 5.97. The lowest BCUT2D eigenvalue weighted by Gasteiger charge is -2.43. The molecule has 3 N–H and O–H groups in total. The summed E-state index contributed by atoms with van der Waals surface area (Å²) in [5.74, 6) is 0. The van der Waals surface area contributed by atoms with Gasteiger partial charge in [0.05, 0.1) is 32.0 Å². The summed E-state index contributed by atoms with van der Waals surface area (Å²) < 4.78 is 60.1. The molecule has 0 aromatic carbocycles. The van der Waals surface area contributed by atoms with Crippen LogP contribution in [0.25, 0.3) is 0 Å². The van der Waals surface area contributed by atoms with E-state index in [1.54, 1.807) is 7.11 Å². The first kappa shape index (κ1) is 30.6. The van der Waals surface area contributed by atoms with Gasteiger partial charge in [0, 0.05) is 20.8 Å². The van der Waals surface area contributed by atoms with Crippen LogP contribution < -0.4 is 5.73 Å². The first-order valence-corrected chi connectivity index (χ1v) is 13.8. The standard InChI is InChI=1S/C24H46NO9P/c1-6-9-10-11-12-13-19(29-5)14-17-30-23-21(25)24(26)33-20(18-28-4)22(23)34-35(27,31-15-7-2)32-16-8-3/h7-8,19-24,26H,2-3,6,9-18,25H2,1,4-5H3/t19-,20-,21-,22?,23-,24?/m1/s1/i/hT. The van der Waals surface area contributed by atoms with E-state index in [4.69, 9.17) is 33.9 Å². The van der Waals surface area contributed by atoms with Crippen LogP contribution in [0.3, 0.4) is 0 Å². The van der Waals surface area contributed by atoms with Crippen LogP contribution in [0.5, 0.6) is 0 Å². The highest BCUT2D eigenvalue weighted by molar-refractivity contribution is 7.48. The predicted octanol–water partition coefficient (Wildman–Crippen LogP) is 3.73. The van der Waals surface area contributed by atoms with Gasteiger partial charge in [-0.15, -0.1) is 13.2 Å². The van der Waals surface area contributed by atoms with Crippen LogP contribution in [-0.2, 0) is 37.1 Å². The molecule has 1 fully saturated rings. The number of rotatable bonds is 22. The van der Waals surface area contributed by atoms with E-state index in [1.807, 2.05) is 0 Å². The molecule has 0 saturated carbocycles. The van der Waals surface area contributed by atoms with Crippen LogP contribution in [0.4, 0.5) is 0 Å². The Bertz CT molecular complexity index is 629. The second-order valence-electron chi connectivity index (χ2n) is 8.42. The van der Waals surface area contributed by atoms with Crippen LogP contribution in [-0.4, -0.2) is 82.5 Å². The lowest BCUT2D eigenvalue weighted by Crippen LogP contribution is -2.63. The summed E-state index contributed by atoms with van der Waals surface area (Å²) in [5.41, 5.74) is 2.27. The molecular formula is C24H46NO9P. The molecule has 35 heavy (non-hydrogen) atoms. The molecule has 0 radical (unpaired) electrons. The molecule has 0 aromatic heterocycles. The second kappa shape index (κ2) is 18.6. The van der Waals surface area contributed by atoms with E-state index in [0.717, 1.165) is 19.3 Å². The minimum absolute atomic E-state index is 0.00545. The van der Waals surface area contributed by atoms with Crippen LogP contribution in [0, 0.1) is 0 Å². The van der Waals surface area contributed by atoms with Crippen molar-refractivity contribution in [1.29, 1.82) is 0 Å². The van der Waals surface area contributed by atoms with Gasteiger partial charge in [-0.3, -0.25) is 13.6 Å². The number of hydrogen-bond acceptors (Lipinski definition) is 10. The number of phosphoric acid groups is 1. The van der Waals surface area contributed by atoms with Gasteiger partial charge in [-0.1, -0.05) is 51.2 Å². The molecule has 0 amide bonds. The number of aliphatic hydroxyl groups excluding tert-OH is 1. The van der Waals surface area contributed by atoms with Gasteiger partial charge in [0.25, 0.3) is 0 Å². The molecule has 1 aliphatic rings. The smallest absolute Gasteiger partial charge is 0.382 e. The molecule has 0 bridgehead atoms. The monoisotopic (exact) mass is 525 g/mol. The van der Waals surface area contributed by atoms with Crippen LogP contribution >= 0.6 is 7.82 Å². The van der Waals surface area contributed by atoms with E-state index in [9.17, 15) is 9.67 Å². The number of unbranched alkanes of at least 4 members (excludes halogenated alkanes) is 4. The van der Waals surface area contributed by atoms with Crippen molar-refractivity contribution in [2.45, 2.75) is 88.6 Å². The maximum Gasteiger partial charge on any atom is 0.475 e. The summed E-state index contributed by atoms with van der Waals surface area (Å²) in [5, 5.41) is 10.5. The third-order valence-corrected chi connectivity index (χ3v) is 7.09. The average Bonchev–Trinajstić information content (AvgIpc) is 2.87. The van der Waals surface area contributed by atoms with Gasteiger partial charge in [-0.25, -0.2) is 4.57 Å². The average molecular weight is 526 g/mol. The molecule has 0 aromatic rings. The second-order valence-corrected chi connectivity index (χ2v) is 10.0. The maximum absolute atomic E-state index is 13.3. The van der Waals surface area contributed by atoms with Crippen molar-refractivity contribution in [3.63, 3.8) is 0 Å². The van der Waals surface area contributed by atoms with E-state index < -0.39 is 38.5 Å². The van der Waals surface area contributed by atoms with E-state index in [-0.39, 0.29) is 32.5 Å². The molecule has 6 atom stereocenters. The molecule has 0 spiro atoms. The van der Waals surface area contributed by atoms with Crippen molar-refractivity contribution in [2.24, 2.45) is 5.73 Å². The Kier molecular flexibility index (Phi) is 16.2. The third kappa shape index (κ3) is 12.0. The number of nitrogens with two attached hydrogens (primary N) is 1. The topological polar surface area (TPSA) is 128 Å². The summed E-state index contributed by atoms with van der Waals surface area (Å²) >= 11 is 0. The molecule has 11 heteroatoms. The third-order valence-electron chi connectivity index (χ3n) is 5.66. The summed E-state index contributed by atoms with van der Waals surface area (Å²) in [6, 6.07) is -0.995. The van der Waals surface area contributed by atoms with Crippen LogP contribution in [0.15, 0.2) is 25.3 Å². The van der Waals surface area contributed by atoms with Crippen molar-refractivity contribution in [1.82, 2.24) is 0 Å². The minimum Gasteiger partial charge on any atom is -0.382 e. The molecule has 1 saturated heterocycles. The molecule has 1 heterocycles. The predicted molar refractivity (Wildman–Crippen MR) is 134 cm³/mol. The largest absolute Gasteiger partial charge is 0.475 e. The van der Waals surface area contributed by atoms with E-state index in [1.165, 1.54) is 38.5 Å². The van der Waals surface area contributed by atoms with Crippen molar-refractivity contribution in [2.75, 3.05) is 40.6 Å². The highest BCUT2D eigenvalue weighted by Crippen LogP contribution is 2.52. The van der Waals surface area contributed by atoms with Crippen molar-refractivity contribution >= 4 is 7.82 Å². The van der Waals surface area contributed by atoms with Gasteiger partial charge < -0.3 is 29.8 Å². The highest BCUT2D eigenvalue weighted by Gasteiger charge is 2.49. The van der Waals surface area contributed by atoms with E-state index in [0.29, 0.717) is 6.42 Å². The Morgan fingerprint density at radius 2 is 1.80 bits per heavy atom. The Balaban J connectivity index is 2.97. The number of ether oxygens (including phenoxy) is 4. The first-order chi connectivity index (χ1) is 17.4. The highest BCUT2D eigenvalue weighted by atomic mass is 31.2. The summed E-state index contributed by atoms with van der Waals surface area (Å²) in [6.45, 7) is 9.40. The molecule has 1 rings (SSSR count). The molecule has 206 valence electrons. The fourth-order valence-corrected chi connectivity index (χ4v) is 5.10.